The van der Waals surface area contributed by atoms with Gasteiger partial charge in [0.1, 0.15) is 5.82 Å². The van der Waals surface area contributed by atoms with Crippen LogP contribution in [0.15, 0.2) is 18.3 Å². The number of hydrogen-bond donors (Lipinski definition) is 1. The second-order valence-corrected chi connectivity index (χ2v) is 7.56. The molecule has 1 aromatic heterocycles. The third-order valence-electron chi connectivity index (χ3n) is 5.21. The standard InChI is InChI=1S/C17H21BFN3O3/c1-16(2)17(3,4)25-18(24-16)12-5-6-13-11(14(12)19)7-20-15(22-13)21-10-8-23-9-10/h5-7,10H,8-9H2,1-4H3,(H,20,21,22). The van der Waals surface area contributed by atoms with Gasteiger partial charge < -0.3 is 19.4 Å². The van der Waals surface area contributed by atoms with Crippen molar-refractivity contribution < 1.29 is 18.4 Å². The lowest BCUT2D eigenvalue weighted by atomic mass is 9.78. The van der Waals surface area contributed by atoms with Crippen molar-refractivity contribution >= 4 is 29.4 Å². The maximum atomic E-state index is 15.0. The van der Waals surface area contributed by atoms with E-state index in [1.54, 1.807) is 12.1 Å². The third-order valence-corrected chi connectivity index (χ3v) is 5.21. The van der Waals surface area contributed by atoms with Crippen molar-refractivity contribution in [3.8, 4) is 0 Å². The van der Waals surface area contributed by atoms with Crippen LogP contribution in [0.25, 0.3) is 10.9 Å². The van der Waals surface area contributed by atoms with Crippen molar-refractivity contribution in [3.05, 3.63) is 24.1 Å². The number of rotatable bonds is 3. The Morgan fingerprint density at radius 3 is 2.44 bits per heavy atom. The minimum atomic E-state index is -0.751. The lowest BCUT2D eigenvalue weighted by molar-refractivity contribution is 0.00578. The Balaban J connectivity index is 1.65. The highest BCUT2D eigenvalue weighted by atomic mass is 19.1. The summed E-state index contributed by atoms with van der Waals surface area (Å²) in [4.78, 5) is 8.60. The van der Waals surface area contributed by atoms with Gasteiger partial charge in [-0.25, -0.2) is 14.4 Å². The lowest BCUT2D eigenvalue weighted by Crippen LogP contribution is -2.41. The topological polar surface area (TPSA) is 65.5 Å². The van der Waals surface area contributed by atoms with Crippen LogP contribution in [0.2, 0.25) is 0 Å². The molecule has 0 radical (unpaired) electrons. The van der Waals surface area contributed by atoms with Crippen molar-refractivity contribution in [1.82, 2.24) is 9.97 Å². The van der Waals surface area contributed by atoms with Crippen LogP contribution in [0, 0.1) is 5.82 Å². The molecule has 2 aromatic rings. The molecule has 0 unspecified atom stereocenters. The molecule has 8 heteroatoms. The number of nitrogens with one attached hydrogen (secondary N) is 1. The first-order valence-electron chi connectivity index (χ1n) is 8.42. The summed E-state index contributed by atoms with van der Waals surface area (Å²) in [6.07, 6.45) is 1.49. The molecule has 6 nitrogen and oxygen atoms in total. The number of hydrogen-bond acceptors (Lipinski definition) is 6. The van der Waals surface area contributed by atoms with Gasteiger partial charge in [-0.2, -0.15) is 0 Å². The fraction of sp³-hybridized carbons (Fsp3) is 0.529. The zero-order chi connectivity index (χ0) is 17.8. The molecule has 0 bridgehead atoms. The summed E-state index contributed by atoms with van der Waals surface area (Å²) in [6, 6.07) is 3.65. The van der Waals surface area contributed by atoms with E-state index in [9.17, 15) is 0 Å². The van der Waals surface area contributed by atoms with E-state index in [1.165, 1.54) is 6.20 Å². The number of halogens is 1. The van der Waals surface area contributed by atoms with Gasteiger partial charge in [-0.3, -0.25) is 0 Å². The summed E-state index contributed by atoms with van der Waals surface area (Å²) in [5, 5.41) is 3.51. The van der Waals surface area contributed by atoms with Crippen LogP contribution in [0.5, 0.6) is 0 Å². The molecule has 2 aliphatic heterocycles. The summed E-state index contributed by atoms with van der Waals surface area (Å²) in [6.45, 7) is 9.04. The number of anilines is 1. The van der Waals surface area contributed by atoms with Crippen molar-refractivity contribution in [2.45, 2.75) is 44.9 Å². The highest BCUT2D eigenvalue weighted by molar-refractivity contribution is 6.62. The van der Waals surface area contributed by atoms with E-state index in [4.69, 9.17) is 14.0 Å². The van der Waals surface area contributed by atoms with E-state index < -0.39 is 24.1 Å². The van der Waals surface area contributed by atoms with Crippen LogP contribution in [-0.2, 0) is 14.0 Å². The lowest BCUT2D eigenvalue weighted by Gasteiger charge is -2.32. The molecule has 0 aliphatic carbocycles. The van der Waals surface area contributed by atoms with Crippen LogP contribution in [-0.4, -0.2) is 47.5 Å². The first-order valence-corrected chi connectivity index (χ1v) is 8.42. The average molecular weight is 345 g/mol. The zero-order valence-corrected chi connectivity index (χ0v) is 14.8. The highest BCUT2D eigenvalue weighted by Gasteiger charge is 2.52. The highest BCUT2D eigenvalue weighted by Crippen LogP contribution is 2.36. The molecule has 4 rings (SSSR count). The van der Waals surface area contributed by atoms with Gasteiger partial charge in [-0.05, 0) is 33.8 Å². The molecule has 0 saturated carbocycles. The van der Waals surface area contributed by atoms with E-state index in [-0.39, 0.29) is 6.04 Å². The number of benzene rings is 1. The number of ether oxygens (including phenoxy) is 1. The Hall–Kier alpha value is -1.77. The maximum absolute atomic E-state index is 15.0. The smallest absolute Gasteiger partial charge is 0.399 e. The van der Waals surface area contributed by atoms with Gasteiger partial charge in [0.15, 0.2) is 0 Å². The SMILES string of the molecule is CC1(C)OB(c2ccc3nc(NC4COC4)ncc3c2F)OC1(C)C. The van der Waals surface area contributed by atoms with E-state index in [0.29, 0.717) is 35.5 Å². The third kappa shape index (κ3) is 2.78. The molecule has 2 saturated heterocycles. The predicted octanol–water partition coefficient (Wildman–Crippen LogP) is 1.88. The van der Waals surface area contributed by atoms with Gasteiger partial charge in [0, 0.05) is 11.7 Å². The van der Waals surface area contributed by atoms with Gasteiger partial charge in [-0.1, -0.05) is 6.07 Å². The second-order valence-electron chi connectivity index (χ2n) is 7.56. The molecule has 0 atom stereocenters. The van der Waals surface area contributed by atoms with Crippen molar-refractivity contribution in [1.29, 1.82) is 0 Å². The van der Waals surface area contributed by atoms with Crippen molar-refractivity contribution in [3.63, 3.8) is 0 Å². The minimum absolute atomic E-state index is 0.214. The molecule has 2 fully saturated rings. The van der Waals surface area contributed by atoms with Crippen LogP contribution in [0.1, 0.15) is 27.7 Å². The van der Waals surface area contributed by atoms with E-state index in [1.807, 2.05) is 27.7 Å². The quantitative estimate of drug-likeness (QED) is 0.857. The predicted molar refractivity (Wildman–Crippen MR) is 93.4 cm³/mol. The number of aromatic nitrogens is 2. The maximum Gasteiger partial charge on any atom is 0.497 e. The first-order chi connectivity index (χ1) is 11.8. The normalized spacial score (nSPS) is 22.2. The summed E-state index contributed by atoms with van der Waals surface area (Å²) >= 11 is 0. The second kappa shape index (κ2) is 5.62. The van der Waals surface area contributed by atoms with Gasteiger partial charge in [0.2, 0.25) is 5.95 Å². The summed E-state index contributed by atoms with van der Waals surface area (Å²) < 4.78 is 32.0. The van der Waals surface area contributed by atoms with Gasteiger partial charge in [0.25, 0.3) is 0 Å². The molecule has 1 aromatic carbocycles. The summed E-state index contributed by atoms with van der Waals surface area (Å²) in [5.74, 6) is 0.0677. The Kier molecular flexibility index (Phi) is 3.75. The molecule has 25 heavy (non-hydrogen) atoms. The van der Waals surface area contributed by atoms with E-state index in [2.05, 4.69) is 15.3 Å². The average Bonchev–Trinajstić information content (AvgIpc) is 2.71. The molecule has 3 heterocycles. The minimum Gasteiger partial charge on any atom is -0.399 e. The molecule has 0 amide bonds. The van der Waals surface area contributed by atoms with E-state index in [0.717, 1.165) is 0 Å². The summed E-state index contributed by atoms with van der Waals surface area (Å²) in [7, 11) is -0.751. The van der Waals surface area contributed by atoms with Crippen molar-refractivity contribution in [2.75, 3.05) is 18.5 Å². The van der Waals surface area contributed by atoms with Gasteiger partial charge in [-0.15, -0.1) is 0 Å². The Morgan fingerprint density at radius 1 is 1.16 bits per heavy atom. The summed E-state index contributed by atoms with van der Waals surface area (Å²) in [5.41, 5.74) is -0.138. The Labute approximate surface area is 146 Å². The Morgan fingerprint density at radius 2 is 1.84 bits per heavy atom. The largest absolute Gasteiger partial charge is 0.497 e. The van der Waals surface area contributed by atoms with Crippen LogP contribution >= 0.6 is 0 Å². The first kappa shape index (κ1) is 16.7. The molecular formula is C17H21BFN3O3. The monoisotopic (exact) mass is 345 g/mol. The molecular weight excluding hydrogens is 324 g/mol. The van der Waals surface area contributed by atoms with Gasteiger partial charge in [0.05, 0.1) is 41.4 Å². The molecule has 132 valence electrons. The fourth-order valence-electron chi connectivity index (χ4n) is 2.81. The fourth-order valence-corrected chi connectivity index (χ4v) is 2.81. The van der Waals surface area contributed by atoms with Crippen LogP contribution in [0.4, 0.5) is 10.3 Å². The molecule has 1 N–H and O–H groups in total. The Bertz CT molecular complexity index is 810. The van der Waals surface area contributed by atoms with Crippen LogP contribution < -0.4 is 10.8 Å². The van der Waals surface area contributed by atoms with E-state index >= 15 is 4.39 Å². The molecule has 0 spiro atoms. The van der Waals surface area contributed by atoms with Gasteiger partial charge >= 0.3 is 7.12 Å². The molecule has 2 aliphatic rings. The van der Waals surface area contributed by atoms with Crippen molar-refractivity contribution in [2.24, 2.45) is 0 Å². The number of fused-ring (bicyclic) bond motifs is 1. The zero-order valence-electron chi connectivity index (χ0n) is 14.8. The number of nitrogens with zero attached hydrogens (tertiary/aromatic N) is 2. The van der Waals surface area contributed by atoms with Crippen LogP contribution in [0.3, 0.4) is 0 Å².